The Labute approximate surface area is 143 Å². The Hall–Kier alpha value is -3.47. The minimum atomic E-state index is -0.561. The maximum atomic E-state index is 13.0. The Morgan fingerprint density at radius 3 is 1.88 bits per heavy atom. The van der Waals surface area contributed by atoms with E-state index in [9.17, 15) is 9.59 Å². The topological polar surface area (TPSA) is 56.4 Å². The van der Waals surface area contributed by atoms with Gasteiger partial charge in [-0.05, 0) is 23.3 Å². The summed E-state index contributed by atoms with van der Waals surface area (Å²) in [6, 6.07) is 23.6. The minimum absolute atomic E-state index is 0.341. The maximum absolute atomic E-state index is 13.0. The molecule has 0 unspecified atom stereocenters. The highest BCUT2D eigenvalue weighted by molar-refractivity contribution is 5.37. The molecule has 4 rings (SSSR count). The molecule has 25 heavy (non-hydrogen) atoms. The Morgan fingerprint density at radius 2 is 1.28 bits per heavy atom. The first-order valence-corrected chi connectivity index (χ1v) is 7.95. The second-order valence-corrected chi connectivity index (χ2v) is 5.70. The minimum Gasteiger partial charge on any atom is -0.253 e. The van der Waals surface area contributed by atoms with Gasteiger partial charge in [-0.2, -0.15) is 4.98 Å². The van der Waals surface area contributed by atoms with Gasteiger partial charge in [0.05, 0.1) is 6.04 Å². The summed E-state index contributed by atoms with van der Waals surface area (Å²) in [6.07, 6.45) is 1.62. The lowest BCUT2D eigenvalue weighted by molar-refractivity contribution is 0.582. The average molecular weight is 329 g/mol. The zero-order valence-corrected chi connectivity index (χ0v) is 13.3. The highest BCUT2D eigenvalue weighted by Gasteiger charge is 2.21. The first kappa shape index (κ1) is 15.1. The van der Waals surface area contributed by atoms with Crippen LogP contribution in [0.2, 0.25) is 0 Å². The van der Waals surface area contributed by atoms with Crippen molar-refractivity contribution in [3.8, 4) is 0 Å². The van der Waals surface area contributed by atoms with Gasteiger partial charge in [0.2, 0.25) is 0 Å². The van der Waals surface area contributed by atoms with Crippen molar-refractivity contribution in [3.05, 3.63) is 117 Å². The largest absolute Gasteiger partial charge is 0.354 e. The molecule has 0 aliphatic heterocycles. The van der Waals surface area contributed by atoms with E-state index in [0.29, 0.717) is 5.65 Å². The monoisotopic (exact) mass is 329 g/mol. The van der Waals surface area contributed by atoms with E-state index in [-0.39, 0.29) is 0 Å². The summed E-state index contributed by atoms with van der Waals surface area (Å²) in [6.45, 7) is 0. The van der Waals surface area contributed by atoms with Gasteiger partial charge in [-0.25, -0.2) is 14.2 Å². The fourth-order valence-electron chi connectivity index (χ4n) is 3.02. The van der Waals surface area contributed by atoms with Gasteiger partial charge in [-0.3, -0.25) is 4.40 Å². The van der Waals surface area contributed by atoms with Gasteiger partial charge in [-0.15, -0.1) is 0 Å². The molecule has 0 fully saturated rings. The van der Waals surface area contributed by atoms with Gasteiger partial charge in [0.15, 0.2) is 0 Å². The molecule has 2 aromatic carbocycles. The zero-order chi connectivity index (χ0) is 17.2. The highest BCUT2D eigenvalue weighted by atomic mass is 16.2. The van der Waals surface area contributed by atoms with Crippen LogP contribution in [0.3, 0.4) is 0 Å². The highest BCUT2D eigenvalue weighted by Crippen LogP contribution is 2.23. The lowest BCUT2D eigenvalue weighted by atomic mass is 9.98. The summed E-state index contributed by atoms with van der Waals surface area (Å²) in [5.74, 6) is 0. The van der Waals surface area contributed by atoms with Crippen molar-refractivity contribution in [1.82, 2.24) is 14.0 Å². The molecule has 2 heterocycles. The molecule has 0 radical (unpaired) electrons. The van der Waals surface area contributed by atoms with Crippen LogP contribution in [0.1, 0.15) is 17.2 Å². The van der Waals surface area contributed by atoms with Crippen LogP contribution >= 0.6 is 0 Å². The van der Waals surface area contributed by atoms with Gasteiger partial charge >= 0.3 is 11.4 Å². The molecule has 0 saturated heterocycles. The molecular weight excluding hydrogens is 314 g/mol. The molecule has 2 aromatic heterocycles. The molecule has 0 bridgehead atoms. The number of fused-ring (bicyclic) bond motifs is 1. The third-order valence-electron chi connectivity index (χ3n) is 4.16. The molecule has 0 aliphatic rings. The first-order valence-electron chi connectivity index (χ1n) is 7.95. The predicted octanol–water partition coefficient (Wildman–Crippen LogP) is 2.49. The molecule has 0 spiro atoms. The SMILES string of the molecule is O=c1nc2ccccn2c(=O)n1C(c1ccccc1)c1ccccc1. The molecule has 0 aliphatic carbocycles. The summed E-state index contributed by atoms with van der Waals surface area (Å²) < 4.78 is 2.60. The van der Waals surface area contributed by atoms with Gasteiger partial charge in [-0.1, -0.05) is 66.7 Å². The Bertz CT molecular complexity index is 1090. The van der Waals surface area contributed by atoms with Gasteiger partial charge in [0.1, 0.15) is 5.65 Å². The number of nitrogens with zero attached hydrogens (tertiary/aromatic N) is 3. The van der Waals surface area contributed by atoms with Crippen LogP contribution in [-0.2, 0) is 0 Å². The third-order valence-corrected chi connectivity index (χ3v) is 4.16. The van der Waals surface area contributed by atoms with Gasteiger partial charge in [0, 0.05) is 6.20 Å². The van der Waals surface area contributed by atoms with E-state index in [1.807, 2.05) is 60.7 Å². The van der Waals surface area contributed by atoms with Crippen LogP contribution in [0.4, 0.5) is 0 Å². The predicted molar refractivity (Wildman–Crippen MR) is 95.8 cm³/mol. The van der Waals surface area contributed by atoms with Crippen LogP contribution in [0, 0.1) is 0 Å². The molecule has 5 nitrogen and oxygen atoms in total. The van der Waals surface area contributed by atoms with Crippen LogP contribution in [0.25, 0.3) is 5.65 Å². The molecule has 4 aromatic rings. The van der Waals surface area contributed by atoms with Crippen molar-refractivity contribution in [1.29, 1.82) is 0 Å². The van der Waals surface area contributed by atoms with Crippen LogP contribution in [0.5, 0.6) is 0 Å². The number of aromatic nitrogens is 3. The van der Waals surface area contributed by atoms with Crippen molar-refractivity contribution in [2.75, 3.05) is 0 Å². The lowest BCUT2D eigenvalue weighted by Crippen LogP contribution is -2.42. The van der Waals surface area contributed by atoms with Crippen LogP contribution in [-0.4, -0.2) is 14.0 Å². The van der Waals surface area contributed by atoms with E-state index in [2.05, 4.69) is 4.98 Å². The fourth-order valence-corrected chi connectivity index (χ4v) is 3.02. The van der Waals surface area contributed by atoms with E-state index < -0.39 is 17.4 Å². The molecule has 0 N–H and O–H groups in total. The molecule has 122 valence electrons. The van der Waals surface area contributed by atoms with Crippen LogP contribution in [0.15, 0.2) is 94.6 Å². The van der Waals surface area contributed by atoms with E-state index in [0.717, 1.165) is 11.1 Å². The first-order chi connectivity index (χ1) is 12.3. The Balaban J connectivity index is 2.06. The van der Waals surface area contributed by atoms with E-state index in [1.165, 1.54) is 8.97 Å². The van der Waals surface area contributed by atoms with E-state index in [4.69, 9.17) is 0 Å². The molecule has 5 heteroatoms. The summed E-state index contributed by atoms with van der Waals surface area (Å²) in [4.78, 5) is 29.8. The van der Waals surface area contributed by atoms with Crippen molar-refractivity contribution in [3.63, 3.8) is 0 Å². The van der Waals surface area contributed by atoms with Gasteiger partial charge < -0.3 is 0 Å². The summed E-state index contributed by atoms with van der Waals surface area (Å²) in [7, 11) is 0. The second-order valence-electron chi connectivity index (χ2n) is 5.70. The van der Waals surface area contributed by atoms with Crippen molar-refractivity contribution in [2.24, 2.45) is 0 Å². The quantitative estimate of drug-likeness (QED) is 0.580. The lowest BCUT2D eigenvalue weighted by Gasteiger charge is -2.20. The Morgan fingerprint density at radius 1 is 0.720 bits per heavy atom. The van der Waals surface area contributed by atoms with E-state index >= 15 is 0 Å². The molecule has 0 saturated carbocycles. The maximum Gasteiger partial charge on any atom is 0.354 e. The number of pyridine rings is 1. The molecular formula is C20H15N3O2. The van der Waals surface area contributed by atoms with Crippen molar-refractivity contribution >= 4 is 5.65 Å². The van der Waals surface area contributed by atoms with Crippen molar-refractivity contribution < 1.29 is 0 Å². The Kier molecular flexibility index (Phi) is 3.74. The smallest absolute Gasteiger partial charge is 0.253 e. The van der Waals surface area contributed by atoms with Crippen LogP contribution < -0.4 is 11.4 Å². The normalized spacial score (nSPS) is 11.1. The van der Waals surface area contributed by atoms with Gasteiger partial charge in [0.25, 0.3) is 0 Å². The standard InChI is InChI=1S/C20H15N3O2/c24-19-21-17-13-7-8-14-22(17)20(25)23(19)18(15-9-3-1-4-10-15)16-11-5-2-6-12-16/h1-14,18H. The number of rotatable bonds is 3. The zero-order valence-electron chi connectivity index (χ0n) is 13.3. The molecule has 0 amide bonds. The third kappa shape index (κ3) is 2.65. The second kappa shape index (κ2) is 6.20. The number of benzene rings is 2. The summed E-state index contributed by atoms with van der Waals surface area (Å²) in [5.41, 5.74) is 1.08. The molecule has 0 atom stereocenters. The van der Waals surface area contributed by atoms with Crippen molar-refractivity contribution in [2.45, 2.75) is 6.04 Å². The summed E-state index contributed by atoms with van der Waals surface area (Å²) >= 11 is 0. The number of hydrogen-bond acceptors (Lipinski definition) is 3. The average Bonchev–Trinajstić information content (AvgIpc) is 2.66. The number of hydrogen-bond donors (Lipinski definition) is 0. The summed E-state index contributed by atoms with van der Waals surface area (Å²) in [5, 5.41) is 0. The fraction of sp³-hybridized carbons (Fsp3) is 0.0500. The van der Waals surface area contributed by atoms with E-state index in [1.54, 1.807) is 24.4 Å².